The zero-order valence-electron chi connectivity index (χ0n) is 8.96. The van der Waals surface area contributed by atoms with E-state index in [0.29, 0.717) is 24.9 Å². The van der Waals surface area contributed by atoms with E-state index in [1.165, 1.54) is 0 Å². The molecule has 82 valence electrons. The number of nitrogens with one attached hydrogen (secondary N) is 2. The molecule has 2 heterocycles. The fourth-order valence-electron chi connectivity index (χ4n) is 1.78. The van der Waals surface area contributed by atoms with Gasteiger partial charge in [0, 0.05) is 30.3 Å². The maximum atomic E-state index is 11.5. The minimum atomic E-state index is -0.341. The number of esters is 1. The third-order valence-corrected chi connectivity index (χ3v) is 2.56. The number of fused-ring (bicyclic) bond motifs is 1. The molecule has 2 rings (SSSR count). The Labute approximate surface area is 88.2 Å². The van der Waals surface area contributed by atoms with Crippen molar-refractivity contribution in [2.24, 2.45) is 0 Å². The maximum Gasteiger partial charge on any atom is 0.359 e. The van der Waals surface area contributed by atoms with Crippen LogP contribution in [0.2, 0.25) is 0 Å². The summed E-state index contributed by atoms with van der Waals surface area (Å²) in [5.74, 6) is -0.341. The Morgan fingerprint density at radius 2 is 2.47 bits per heavy atom. The third kappa shape index (κ3) is 1.87. The summed E-state index contributed by atoms with van der Waals surface area (Å²) < 4.78 is 4.93. The Kier molecular flexibility index (Phi) is 2.73. The molecule has 1 atom stereocenters. The van der Waals surface area contributed by atoms with Crippen LogP contribution in [-0.4, -0.2) is 28.8 Å². The van der Waals surface area contributed by atoms with Crippen LogP contribution < -0.4 is 5.32 Å². The molecule has 0 unspecified atom stereocenters. The number of aromatic amines is 1. The Hall–Kier alpha value is -1.36. The van der Waals surface area contributed by atoms with Crippen molar-refractivity contribution in [2.75, 3.05) is 6.61 Å². The van der Waals surface area contributed by atoms with Crippen LogP contribution in [0.1, 0.15) is 35.6 Å². The molecule has 0 fully saturated rings. The third-order valence-electron chi connectivity index (χ3n) is 2.56. The van der Waals surface area contributed by atoms with Crippen molar-refractivity contribution < 1.29 is 9.53 Å². The van der Waals surface area contributed by atoms with E-state index in [4.69, 9.17) is 4.74 Å². The van der Waals surface area contributed by atoms with Gasteiger partial charge < -0.3 is 10.1 Å². The highest BCUT2D eigenvalue weighted by atomic mass is 16.5. The molecule has 0 aromatic carbocycles. The van der Waals surface area contributed by atoms with Crippen molar-refractivity contribution in [1.29, 1.82) is 0 Å². The van der Waals surface area contributed by atoms with Crippen molar-refractivity contribution in [3.05, 3.63) is 17.0 Å². The van der Waals surface area contributed by atoms with Gasteiger partial charge in [0.25, 0.3) is 0 Å². The van der Waals surface area contributed by atoms with E-state index in [2.05, 4.69) is 22.4 Å². The Balaban J connectivity index is 2.24. The molecule has 15 heavy (non-hydrogen) atoms. The fraction of sp³-hybridized carbons (Fsp3) is 0.600. The van der Waals surface area contributed by atoms with Gasteiger partial charge in [0.2, 0.25) is 0 Å². The summed E-state index contributed by atoms with van der Waals surface area (Å²) in [6.07, 6.45) is 0.877. The van der Waals surface area contributed by atoms with Crippen molar-refractivity contribution in [3.8, 4) is 0 Å². The molecule has 0 bridgehead atoms. The second-order valence-corrected chi connectivity index (χ2v) is 3.74. The monoisotopic (exact) mass is 209 g/mol. The first-order chi connectivity index (χ1) is 7.22. The molecule has 1 aliphatic rings. The average molecular weight is 209 g/mol. The first kappa shape index (κ1) is 10.2. The topological polar surface area (TPSA) is 67.0 Å². The second-order valence-electron chi connectivity index (χ2n) is 3.74. The normalized spacial score (nSPS) is 19.7. The molecule has 0 saturated carbocycles. The van der Waals surface area contributed by atoms with Crippen LogP contribution in [0.5, 0.6) is 0 Å². The van der Waals surface area contributed by atoms with E-state index < -0.39 is 0 Å². The van der Waals surface area contributed by atoms with Gasteiger partial charge in [0.15, 0.2) is 5.69 Å². The Morgan fingerprint density at radius 3 is 3.20 bits per heavy atom. The zero-order chi connectivity index (χ0) is 10.8. The predicted molar refractivity (Wildman–Crippen MR) is 54.5 cm³/mol. The number of nitrogens with zero attached hydrogens (tertiary/aromatic N) is 1. The molecule has 1 aromatic heterocycles. The lowest BCUT2D eigenvalue weighted by molar-refractivity contribution is 0.0518. The molecule has 1 aliphatic heterocycles. The lowest BCUT2D eigenvalue weighted by Crippen LogP contribution is -2.33. The number of hydrogen-bond donors (Lipinski definition) is 2. The van der Waals surface area contributed by atoms with E-state index in [1.54, 1.807) is 6.92 Å². The Morgan fingerprint density at radius 1 is 1.67 bits per heavy atom. The van der Waals surface area contributed by atoms with E-state index in [0.717, 1.165) is 17.7 Å². The van der Waals surface area contributed by atoms with Crippen LogP contribution in [0.15, 0.2) is 0 Å². The van der Waals surface area contributed by atoms with E-state index in [9.17, 15) is 4.79 Å². The summed E-state index contributed by atoms with van der Waals surface area (Å²) in [7, 11) is 0. The second kappa shape index (κ2) is 4.02. The summed E-state index contributed by atoms with van der Waals surface area (Å²) in [4.78, 5) is 11.5. The van der Waals surface area contributed by atoms with Gasteiger partial charge in [-0.25, -0.2) is 4.79 Å². The predicted octanol–water partition coefficient (Wildman–Crippen LogP) is 0.621. The lowest BCUT2D eigenvalue weighted by atomic mass is 10.0. The van der Waals surface area contributed by atoms with Crippen molar-refractivity contribution >= 4 is 5.97 Å². The number of aromatic nitrogens is 2. The van der Waals surface area contributed by atoms with E-state index in [1.807, 2.05) is 0 Å². The minimum absolute atomic E-state index is 0.341. The number of H-pyrrole nitrogens is 1. The zero-order valence-corrected chi connectivity index (χ0v) is 8.96. The van der Waals surface area contributed by atoms with E-state index >= 15 is 0 Å². The highest BCUT2D eigenvalue weighted by Gasteiger charge is 2.24. The quantitative estimate of drug-likeness (QED) is 0.701. The molecule has 5 heteroatoms. The van der Waals surface area contributed by atoms with Crippen molar-refractivity contribution in [3.63, 3.8) is 0 Å². The first-order valence-electron chi connectivity index (χ1n) is 5.19. The standard InChI is InChI=1S/C10H15N3O2/c1-3-15-10(14)9-7-5-11-6(2)4-8(7)12-13-9/h6,11H,3-5H2,1-2H3,(H,12,13)/t6-/m1/s1. The number of ether oxygens (including phenoxy) is 1. The number of carbonyl (C=O) groups is 1. The first-order valence-corrected chi connectivity index (χ1v) is 5.19. The highest BCUT2D eigenvalue weighted by molar-refractivity contribution is 5.89. The average Bonchev–Trinajstić information content (AvgIpc) is 2.60. The molecule has 0 amide bonds. The fourth-order valence-corrected chi connectivity index (χ4v) is 1.78. The lowest BCUT2D eigenvalue weighted by Gasteiger charge is -2.19. The summed E-state index contributed by atoms with van der Waals surface area (Å²) >= 11 is 0. The van der Waals surface area contributed by atoms with Gasteiger partial charge in [-0.1, -0.05) is 0 Å². The SMILES string of the molecule is CCOC(=O)c1n[nH]c2c1CN[C@H](C)C2. The molecule has 0 saturated heterocycles. The molecule has 1 aromatic rings. The van der Waals surface area contributed by atoms with Crippen LogP contribution in [0.3, 0.4) is 0 Å². The summed E-state index contributed by atoms with van der Waals surface area (Å²) in [6, 6.07) is 0.424. The molecule has 0 radical (unpaired) electrons. The summed E-state index contributed by atoms with van der Waals surface area (Å²) in [5, 5.41) is 10.2. The summed E-state index contributed by atoms with van der Waals surface area (Å²) in [6.45, 7) is 4.95. The largest absolute Gasteiger partial charge is 0.461 e. The van der Waals surface area contributed by atoms with Gasteiger partial charge in [0.1, 0.15) is 0 Å². The molecule has 0 aliphatic carbocycles. The number of rotatable bonds is 2. The van der Waals surface area contributed by atoms with Crippen LogP contribution in [0.25, 0.3) is 0 Å². The molecule has 0 spiro atoms. The van der Waals surface area contributed by atoms with Crippen LogP contribution in [0.4, 0.5) is 0 Å². The minimum Gasteiger partial charge on any atom is -0.461 e. The number of carbonyl (C=O) groups excluding carboxylic acids is 1. The smallest absolute Gasteiger partial charge is 0.359 e. The molecule has 2 N–H and O–H groups in total. The molecular weight excluding hydrogens is 194 g/mol. The summed E-state index contributed by atoms with van der Waals surface area (Å²) in [5.41, 5.74) is 2.42. The van der Waals surface area contributed by atoms with Gasteiger partial charge in [-0.3, -0.25) is 5.10 Å². The van der Waals surface area contributed by atoms with Crippen molar-refractivity contribution in [2.45, 2.75) is 32.9 Å². The van der Waals surface area contributed by atoms with Crippen LogP contribution in [0, 0.1) is 0 Å². The molecule has 5 nitrogen and oxygen atoms in total. The maximum absolute atomic E-state index is 11.5. The highest BCUT2D eigenvalue weighted by Crippen LogP contribution is 2.18. The Bertz CT molecular complexity index is 373. The van der Waals surface area contributed by atoms with E-state index in [-0.39, 0.29) is 5.97 Å². The van der Waals surface area contributed by atoms with Gasteiger partial charge >= 0.3 is 5.97 Å². The van der Waals surface area contributed by atoms with Crippen LogP contribution >= 0.6 is 0 Å². The molecular formula is C10H15N3O2. The van der Waals surface area contributed by atoms with Crippen molar-refractivity contribution in [1.82, 2.24) is 15.5 Å². The van der Waals surface area contributed by atoms with Gasteiger partial charge in [-0.05, 0) is 13.8 Å². The van der Waals surface area contributed by atoms with Gasteiger partial charge in [0.05, 0.1) is 6.61 Å². The number of hydrogen-bond acceptors (Lipinski definition) is 4. The van der Waals surface area contributed by atoms with Gasteiger partial charge in [-0.2, -0.15) is 5.10 Å². The van der Waals surface area contributed by atoms with Crippen LogP contribution in [-0.2, 0) is 17.7 Å². The van der Waals surface area contributed by atoms with Gasteiger partial charge in [-0.15, -0.1) is 0 Å².